The lowest BCUT2D eigenvalue weighted by atomic mass is 10.0. The Morgan fingerprint density at radius 3 is 0.750 bits per heavy atom. The van der Waals surface area contributed by atoms with Gasteiger partial charge in [0.05, 0.1) is 0 Å². The number of unbranched alkanes of at least 4 members (excludes halogenated alkanes) is 40. The van der Waals surface area contributed by atoms with Crippen LogP contribution in [-0.4, -0.2) is 37.2 Å². The Balaban J connectivity index is 4.06. The van der Waals surface area contributed by atoms with Crippen LogP contribution in [0.25, 0.3) is 0 Å². The highest BCUT2D eigenvalue weighted by atomic mass is 16.6. The molecule has 0 aliphatic rings. The lowest BCUT2D eigenvalue weighted by Crippen LogP contribution is -2.30. The minimum atomic E-state index is -0.778. The van der Waals surface area contributed by atoms with Crippen molar-refractivity contribution in [1.82, 2.24) is 0 Å². The van der Waals surface area contributed by atoms with E-state index in [2.05, 4.69) is 81.5 Å². The van der Waals surface area contributed by atoms with Gasteiger partial charge in [0.25, 0.3) is 0 Å². The maximum atomic E-state index is 12.8. The molecule has 0 aromatic carbocycles. The first kappa shape index (κ1) is 73.1. The van der Waals surface area contributed by atoms with Crippen LogP contribution < -0.4 is 0 Å². The maximum absolute atomic E-state index is 12.8. The second-order valence-electron chi connectivity index (χ2n) is 22.4. The predicted octanol–water partition coefficient (Wildman–Crippen LogP) is 22.7. The molecule has 76 heavy (non-hydrogen) atoms. The number of hydrogen-bond donors (Lipinski definition) is 0. The van der Waals surface area contributed by atoms with Crippen molar-refractivity contribution in [1.29, 1.82) is 0 Å². The van der Waals surface area contributed by atoms with Gasteiger partial charge in [0, 0.05) is 19.3 Å². The Hall–Kier alpha value is -2.89. The molecule has 0 saturated heterocycles. The van der Waals surface area contributed by atoms with Gasteiger partial charge >= 0.3 is 17.9 Å². The van der Waals surface area contributed by atoms with Crippen LogP contribution >= 0.6 is 0 Å². The van der Waals surface area contributed by atoms with Crippen LogP contribution in [0.15, 0.2) is 60.8 Å². The standard InChI is InChI=1S/C70H126O6/c1-4-7-10-13-16-19-21-23-25-27-28-29-30-31-32-33-34-35-36-37-38-39-40-41-42-43-45-46-48-51-54-57-60-63-69(72)75-66-67(65-74-68(71)62-59-56-53-50-18-15-12-9-6-3)76-70(73)64-61-58-55-52-49-47-44-26-24-22-20-17-14-11-8-5-2/h20-23,26-28,30-31,44,67H,4-19,24-25,29,32-43,45-66H2,1-3H3/b22-20-,23-21-,28-27-,31-30-,44-26-. The van der Waals surface area contributed by atoms with Crippen LogP contribution in [0.5, 0.6) is 0 Å². The molecule has 0 spiro atoms. The quantitative estimate of drug-likeness (QED) is 0.0261. The summed E-state index contributed by atoms with van der Waals surface area (Å²) >= 11 is 0. The van der Waals surface area contributed by atoms with Crippen molar-refractivity contribution in [2.24, 2.45) is 0 Å². The summed E-state index contributed by atoms with van der Waals surface area (Å²) in [6, 6.07) is 0. The van der Waals surface area contributed by atoms with Gasteiger partial charge in [0.2, 0.25) is 0 Å². The molecule has 0 aliphatic carbocycles. The fourth-order valence-electron chi connectivity index (χ4n) is 9.72. The summed E-state index contributed by atoms with van der Waals surface area (Å²) in [5.74, 6) is -0.875. The second-order valence-corrected chi connectivity index (χ2v) is 22.4. The Kier molecular flexibility index (Phi) is 62.2. The Bertz CT molecular complexity index is 1360. The molecule has 0 radical (unpaired) electrons. The molecule has 442 valence electrons. The maximum Gasteiger partial charge on any atom is 0.306 e. The summed E-state index contributed by atoms with van der Waals surface area (Å²) in [4.78, 5) is 38.1. The zero-order chi connectivity index (χ0) is 55.0. The van der Waals surface area contributed by atoms with Crippen LogP contribution in [0.2, 0.25) is 0 Å². The van der Waals surface area contributed by atoms with Gasteiger partial charge in [-0.1, -0.05) is 300 Å². The van der Waals surface area contributed by atoms with E-state index in [-0.39, 0.29) is 31.1 Å². The predicted molar refractivity (Wildman–Crippen MR) is 330 cm³/mol. The molecule has 0 aromatic rings. The van der Waals surface area contributed by atoms with Gasteiger partial charge < -0.3 is 14.2 Å². The van der Waals surface area contributed by atoms with Gasteiger partial charge in [-0.05, 0) is 89.9 Å². The average Bonchev–Trinajstić information content (AvgIpc) is 3.42. The lowest BCUT2D eigenvalue weighted by molar-refractivity contribution is -0.167. The third kappa shape index (κ3) is 62.0. The van der Waals surface area contributed by atoms with Gasteiger partial charge in [0.1, 0.15) is 13.2 Å². The summed E-state index contributed by atoms with van der Waals surface area (Å²) < 4.78 is 16.9. The molecule has 0 bridgehead atoms. The first-order valence-corrected chi connectivity index (χ1v) is 33.3. The monoisotopic (exact) mass is 1060 g/mol. The minimum absolute atomic E-state index is 0.0757. The van der Waals surface area contributed by atoms with E-state index >= 15 is 0 Å². The van der Waals surface area contributed by atoms with Gasteiger partial charge in [-0.2, -0.15) is 0 Å². The first-order chi connectivity index (χ1) is 37.5. The van der Waals surface area contributed by atoms with Gasteiger partial charge in [-0.25, -0.2) is 0 Å². The molecular formula is C70H126O6. The molecule has 0 N–H and O–H groups in total. The number of carbonyl (C=O) groups excluding carboxylic acids is 3. The first-order valence-electron chi connectivity index (χ1n) is 33.3. The van der Waals surface area contributed by atoms with Crippen LogP contribution in [0.3, 0.4) is 0 Å². The van der Waals surface area contributed by atoms with E-state index in [9.17, 15) is 14.4 Å². The summed E-state index contributed by atoms with van der Waals surface area (Å²) in [5, 5.41) is 0. The Morgan fingerprint density at radius 2 is 0.474 bits per heavy atom. The van der Waals surface area contributed by atoms with Crippen molar-refractivity contribution < 1.29 is 28.6 Å². The fourth-order valence-corrected chi connectivity index (χ4v) is 9.72. The van der Waals surface area contributed by atoms with Crippen molar-refractivity contribution in [3.05, 3.63) is 60.8 Å². The third-order valence-corrected chi connectivity index (χ3v) is 14.7. The van der Waals surface area contributed by atoms with E-state index in [1.807, 2.05) is 0 Å². The van der Waals surface area contributed by atoms with Crippen LogP contribution in [-0.2, 0) is 28.6 Å². The van der Waals surface area contributed by atoms with Crippen molar-refractivity contribution >= 4 is 17.9 Å². The molecule has 0 rings (SSSR count). The third-order valence-electron chi connectivity index (χ3n) is 14.7. The van der Waals surface area contributed by atoms with Gasteiger partial charge in [-0.3, -0.25) is 14.4 Å². The van der Waals surface area contributed by atoms with E-state index in [1.165, 1.54) is 212 Å². The summed E-state index contributed by atoms with van der Waals surface area (Å²) in [7, 11) is 0. The van der Waals surface area contributed by atoms with Gasteiger partial charge in [-0.15, -0.1) is 0 Å². The molecule has 0 aromatic heterocycles. The zero-order valence-electron chi connectivity index (χ0n) is 50.8. The summed E-state index contributed by atoms with van der Waals surface area (Å²) in [6.45, 7) is 6.62. The van der Waals surface area contributed by atoms with Crippen LogP contribution in [0.1, 0.15) is 348 Å². The largest absolute Gasteiger partial charge is 0.462 e. The van der Waals surface area contributed by atoms with E-state index in [0.717, 1.165) is 96.3 Å². The van der Waals surface area contributed by atoms with Crippen molar-refractivity contribution in [2.45, 2.75) is 354 Å². The zero-order valence-corrected chi connectivity index (χ0v) is 50.8. The molecular weight excluding hydrogens is 937 g/mol. The molecule has 6 heteroatoms. The number of allylic oxidation sites excluding steroid dienone is 10. The Labute approximate surface area is 472 Å². The van der Waals surface area contributed by atoms with Crippen LogP contribution in [0.4, 0.5) is 0 Å². The molecule has 0 aliphatic heterocycles. The fraction of sp³-hybridized carbons (Fsp3) is 0.814. The second kappa shape index (κ2) is 64.6. The molecule has 0 amide bonds. The summed E-state index contributed by atoms with van der Waals surface area (Å²) in [5.41, 5.74) is 0. The number of hydrogen-bond acceptors (Lipinski definition) is 6. The highest BCUT2D eigenvalue weighted by molar-refractivity contribution is 5.71. The van der Waals surface area contributed by atoms with Gasteiger partial charge in [0.15, 0.2) is 6.10 Å². The van der Waals surface area contributed by atoms with Crippen molar-refractivity contribution in [3.63, 3.8) is 0 Å². The van der Waals surface area contributed by atoms with Crippen molar-refractivity contribution in [3.8, 4) is 0 Å². The summed E-state index contributed by atoms with van der Waals surface area (Å²) in [6.07, 6.45) is 82.6. The van der Waals surface area contributed by atoms with Crippen molar-refractivity contribution in [2.75, 3.05) is 13.2 Å². The SMILES string of the molecule is CCCCCC/C=C\C/C=C\CCCCCCCC(=O)OC(COC(=O)CCCCCCCCCCC)COC(=O)CCCCCCCCCCCCCCCCCCCC/C=C\C/C=C\C/C=C\CCCCCCC. The number of carbonyl (C=O) groups is 3. The lowest BCUT2D eigenvalue weighted by Gasteiger charge is -2.18. The normalized spacial score (nSPS) is 12.4. The smallest absolute Gasteiger partial charge is 0.306 e. The minimum Gasteiger partial charge on any atom is -0.462 e. The van der Waals surface area contributed by atoms with E-state index < -0.39 is 6.10 Å². The number of esters is 3. The molecule has 1 atom stereocenters. The molecule has 1 unspecified atom stereocenters. The molecule has 6 nitrogen and oxygen atoms in total. The molecule has 0 saturated carbocycles. The number of rotatable bonds is 61. The van der Waals surface area contributed by atoms with E-state index in [4.69, 9.17) is 14.2 Å². The molecule has 0 fully saturated rings. The Morgan fingerprint density at radius 1 is 0.263 bits per heavy atom. The highest BCUT2D eigenvalue weighted by Crippen LogP contribution is 2.17. The average molecular weight is 1060 g/mol. The topological polar surface area (TPSA) is 78.9 Å². The van der Waals surface area contributed by atoms with Crippen LogP contribution in [0, 0.1) is 0 Å². The molecule has 0 heterocycles. The number of ether oxygens (including phenoxy) is 3. The highest BCUT2D eigenvalue weighted by Gasteiger charge is 2.19. The van der Waals surface area contributed by atoms with E-state index in [1.54, 1.807) is 0 Å². The van der Waals surface area contributed by atoms with E-state index in [0.29, 0.717) is 19.3 Å².